The van der Waals surface area contributed by atoms with Gasteiger partial charge in [-0.2, -0.15) is 19.6 Å². The Morgan fingerprint density at radius 2 is 2.41 bits per heavy atom. The van der Waals surface area contributed by atoms with E-state index < -0.39 is 0 Å². The van der Waals surface area contributed by atoms with Gasteiger partial charge in [0.15, 0.2) is 0 Å². The van der Waals surface area contributed by atoms with Crippen LogP contribution in [-0.4, -0.2) is 37.8 Å². The van der Waals surface area contributed by atoms with Crippen molar-refractivity contribution >= 4 is 23.2 Å². The van der Waals surface area contributed by atoms with Crippen LogP contribution in [0.25, 0.3) is 5.78 Å². The SMILES string of the molecule is CC(CCO)CNc1cc(Cl)nc2ncnn12. The minimum Gasteiger partial charge on any atom is -0.396 e. The minimum absolute atomic E-state index is 0.193. The summed E-state index contributed by atoms with van der Waals surface area (Å²) in [7, 11) is 0. The maximum atomic E-state index is 8.83. The van der Waals surface area contributed by atoms with Crippen molar-refractivity contribution in [3.8, 4) is 0 Å². The monoisotopic (exact) mass is 255 g/mol. The summed E-state index contributed by atoms with van der Waals surface area (Å²) in [6.45, 7) is 2.99. The van der Waals surface area contributed by atoms with Crippen LogP contribution in [0.15, 0.2) is 12.4 Å². The molecule has 0 spiro atoms. The summed E-state index contributed by atoms with van der Waals surface area (Å²) >= 11 is 5.88. The van der Waals surface area contributed by atoms with Gasteiger partial charge in [0.25, 0.3) is 5.78 Å². The number of nitrogens with one attached hydrogen (secondary N) is 1. The summed E-state index contributed by atoms with van der Waals surface area (Å²) in [5, 5.41) is 16.5. The van der Waals surface area contributed by atoms with Crippen LogP contribution in [0.5, 0.6) is 0 Å². The third-order valence-corrected chi connectivity index (χ3v) is 2.67. The normalized spacial score (nSPS) is 12.9. The number of halogens is 1. The molecule has 0 aliphatic rings. The third kappa shape index (κ3) is 2.83. The van der Waals surface area contributed by atoms with Crippen LogP contribution in [0.4, 0.5) is 5.82 Å². The maximum Gasteiger partial charge on any atom is 0.255 e. The van der Waals surface area contributed by atoms with Crippen molar-refractivity contribution < 1.29 is 5.11 Å². The summed E-state index contributed by atoms with van der Waals surface area (Å²) < 4.78 is 1.59. The smallest absolute Gasteiger partial charge is 0.255 e. The molecule has 0 radical (unpaired) electrons. The Kier molecular flexibility index (Phi) is 3.75. The van der Waals surface area contributed by atoms with Crippen molar-refractivity contribution in [2.75, 3.05) is 18.5 Å². The number of hydrogen-bond acceptors (Lipinski definition) is 5. The Morgan fingerprint density at radius 3 is 3.18 bits per heavy atom. The number of nitrogens with zero attached hydrogens (tertiary/aromatic N) is 4. The van der Waals surface area contributed by atoms with Crippen molar-refractivity contribution in [3.05, 3.63) is 17.5 Å². The lowest BCUT2D eigenvalue weighted by atomic mass is 10.1. The van der Waals surface area contributed by atoms with Crippen LogP contribution in [0.1, 0.15) is 13.3 Å². The predicted octanol–water partition coefficient (Wildman–Crippen LogP) is 1.21. The second-order valence-corrected chi connectivity index (χ2v) is 4.32. The summed E-state index contributed by atoms with van der Waals surface area (Å²) in [6.07, 6.45) is 2.19. The molecule has 0 fully saturated rings. The van der Waals surface area contributed by atoms with Crippen LogP contribution in [-0.2, 0) is 0 Å². The first-order valence-corrected chi connectivity index (χ1v) is 5.79. The Hall–Kier alpha value is -1.40. The van der Waals surface area contributed by atoms with E-state index in [0.29, 0.717) is 16.8 Å². The maximum absolute atomic E-state index is 8.83. The van der Waals surface area contributed by atoms with Gasteiger partial charge in [-0.1, -0.05) is 18.5 Å². The van der Waals surface area contributed by atoms with E-state index in [1.807, 2.05) is 0 Å². The fourth-order valence-electron chi connectivity index (χ4n) is 1.51. The molecule has 0 saturated carbocycles. The molecule has 17 heavy (non-hydrogen) atoms. The van der Waals surface area contributed by atoms with Crippen molar-refractivity contribution in [1.82, 2.24) is 19.6 Å². The predicted molar refractivity (Wildman–Crippen MR) is 65.1 cm³/mol. The molecule has 2 heterocycles. The van der Waals surface area contributed by atoms with E-state index in [2.05, 4.69) is 27.3 Å². The van der Waals surface area contributed by atoms with Crippen molar-refractivity contribution in [2.24, 2.45) is 5.92 Å². The number of fused-ring (bicyclic) bond motifs is 1. The van der Waals surface area contributed by atoms with Gasteiger partial charge in [0.1, 0.15) is 17.3 Å². The lowest BCUT2D eigenvalue weighted by Crippen LogP contribution is -2.15. The van der Waals surface area contributed by atoms with E-state index in [-0.39, 0.29) is 6.61 Å². The fourth-order valence-corrected chi connectivity index (χ4v) is 1.69. The van der Waals surface area contributed by atoms with E-state index in [0.717, 1.165) is 18.8 Å². The summed E-state index contributed by atoms with van der Waals surface area (Å²) in [6, 6.07) is 1.70. The molecule has 2 rings (SSSR count). The summed E-state index contributed by atoms with van der Waals surface area (Å²) in [5.74, 6) is 1.59. The number of anilines is 1. The molecular formula is C10H14ClN5O. The van der Waals surface area contributed by atoms with Gasteiger partial charge >= 0.3 is 0 Å². The standard InChI is InChI=1S/C10H14ClN5O/c1-7(2-3-17)5-12-9-4-8(11)15-10-13-6-14-16(9)10/h4,6-7,12,17H,2-3,5H2,1H3. The van der Waals surface area contributed by atoms with Gasteiger partial charge in [0.2, 0.25) is 0 Å². The first-order valence-electron chi connectivity index (χ1n) is 5.41. The van der Waals surface area contributed by atoms with Crippen LogP contribution >= 0.6 is 11.6 Å². The molecule has 0 saturated heterocycles. The van der Waals surface area contributed by atoms with Gasteiger partial charge < -0.3 is 10.4 Å². The van der Waals surface area contributed by atoms with Crippen LogP contribution < -0.4 is 5.32 Å². The molecule has 1 atom stereocenters. The summed E-state index contributed by atoms with van der Waals surface area (Å²) in [5.41, 5.74) is 0. The van der Waals surface area contributed by atoms with Crippen molar-refractivity contribution in [3.63, 3.8) is 0 Å². The number of rotatable bonds is 5. The molecule has 2 aromatic rings. The van der Waals surface area contributed by atoms with Gasteiger partial charge in [-0.3, -0.25) is 0 Å². The van der Waals surface area contributed by atoms with Gasteiger partial charge in [0, 0.05) is 19.2 Å². The number of aliphatic hydroxyl groups excluding tert-OH is 1. The highest BCUT2D eigenvalue weighted by atomic mass is 35.5. The van der Waals surface area contributed by atoms with Crippen LogP contribution in [0, 0.1) is 5.92 Å². The van der Waals surface area contributed by atoms with Crippen LogP contribution in [0.2, 0.25) is 5.15 Å². The van der Waals surface area contributed by atoms with E-state index in [9.17, 15) is 0 Å². The highest BCUT2D eigenvalue weighted by Gasteiger charge is 2.07. The van der Waals surface area contributed by atoms with Crippen molar-refractivity contribution in [2.45, 2.75) is 13.3 Å². The van der Waals surface area contributed by atoms with E-state index in [4.69, 9.17) is 16.7 Å². The molecule has 6 nitrogen and oxygen atoms in total. The molecule has 7 heteroatoms. The van der Waals surface area contributed by atoms with Gasteiger partial charge in [-0.25, -0.2) is 0 Å². The Labute approximate surface area is 104 Å². The van der Waals surface area contributed by atoms with E-state index in [1.54, 1.807) is 10.6 Å². The zero-order valence-electron chi connectivity index (χ0n) is 9.47. The molecule has 1 unspecified atom stereocenters. The summed E-state index contributed by atoms with van der Waals surface area (Å²) in [4.78, 5) is 8.01. The van der Waals surface area contributed by atoms with E-state index in [1.165, 1.54) is 6.33 Å². The van der Waals surface area contributed by atoms with Crippen LogP contribution in [0.3, 0.4) is 0 Å². The zero-order chi connectivity index (χ0) is 12.3. The first kappa shape index (κ1) is 12.1. The molecule has 0 bridgehead atoms. The first-order chi connectivity index (χ1) is 8.20. The highest BCUT2D eigenvalue weighted by Crippen LogP contribution is 2.15. The molecule has 0 aliphatic heterocycles. The minimum atomic E-state index is 0.193. The molecule has 2 N–H and O–H groups in total. The lowest BCUT2D eigenvalue weighted by molar-refractivity contribution is 0.266. The molecular weight excluding hydrogens is 242 g/mol. The Morgan fingerprint density at radius 1 is 1.59 bits per heavy atom. The number of aromatic nitrogens is 4. The molecule has 92 valence electrons. The average molecular weight is 256 g/mol. The van der Waals surface area contributed by atoms with Gasteiger partial charge in [0.05, 0.1) is 0 Å². The molecule has 0 aliphatic carbocycles. The quantitative estimate of drug-likeness (QED) is 0.786. The second kappa shape index (κ2) is 5.29. The molecule has 2 aromatic heterocycles. The number of aliphatic hydroxyl groups is 1. The molecule has 0 aromatic carbocycles. The van der Waals surface area contributed by atoms with Gasteiger partial charge in [-0.15, -0.1) is 0 Å². The zero-order valence-corrected chi connectivity index (χ0v) is 10.2. The highest BCUT2D eigenvalue weighted by molar-refractivity contribution is 6.29. The topological polar surface area (TPSA) is 75.3 Å². The third-order valence-electron chi connectivity index (χ3n) is 2.47. The van der Waals surface area contributed by atoms with Crippen molar-refractivity contribution in [1.29, 1.82) is 0 Å². The molecule has 0 amide bonds. The fraction of sp³-hybridized carbons (Fsp3) is 0.500. The van der Waals surface area contributed by atoms with E-state index >= 15 is 0 Å². The second-order valence-electron chi connectivity index (χ2n) is 3.93. The Bertz CT molecular complexity index is 500. The Balaban J connectivity index is 2.14. The largest absolute Gasteiger partial charge is 0.396 e. The average Bonchev–Trinajstić information content (AvgIpc) is 2.74. The van der Waals surface area contributed by atoms with Gasteiger partial charge in [-0.05, 0) is 12.3 Å². The number of hydrogen-bond donors (Lipinski definition) is 2. The lowest BCUT2D eigenvalue weighted by Gasteiger charge is -2.12.